The third kappa shape index (κ3) is 1.53. The van der Waals surface area contributed by atoms with Crippen molar-refractivity contribution in [2.75, 3.05) is 13.6 Å². The molecule has 4 heteroatoms. The second-order valence-electron chi connectivity index (χ2n) is 2.89. The Kier molecular flexibility index (Phi) is 2.23. The van der Waals surface area contributed by atoms with Crippen LogP contribution in [0.3, 0.4) is 0 Å². The second-order valence-corrected chi connectivity index (χ2v) is 2.89. The summed E-state index contributed by atoms with van der Waals surface area (Å²) in [5.41, 5.74) is 1.91. The number of nitrogens with zero attached hydrogens (tertiary/aromatic N) is 3. The van der Waals surface area contributed by atoms with Gasteiger partial charge in [-0.25, -0.2) is 9.97 Å². The minimum absolute atomic E-state index is 0.907. The monoisotopic (exact) mass is 176 g/mol. The summed E-state index contributed by atoms with van der Waals surface area (Å²) in [7, 11) is 1.94. The minimum Gasteiger partial charge on any atom is -0.318 e. The predicted octanol–water partition coefficient (Wildman–Crippen LogP) is 0.651. The molecule has 13 heavy (non-hydrogen) atoms. The first kappa shape index (κ1) is 8.19. The van der Waals surface area contributed by atoms with E-state index in [1.807, 2.05) is 30.1 Å². The summed E-state index contributed by atoms with van der Waals surface area (Å²) in [6.07, 6.45) is 3.62. The number of nitrogens with one attached hydrogen (secondary N) is 1. The molecule has 0 aromatic carbocycles. The molecule has 68 valence electrons. The van der Waals surface area contributed by atoms with Crippen LogP contribution in [0.25, 0.3) is 11.2 Å². The van der Waals surface area contributed by atoms with Crippen LogP contribution in [0.5, 0.6) is 0 Å². The van der Waals surface area contributed by atoms with E-state index in [2.05, 4.69) is 15.3 Å². The number of pyridine rings is 1. The molecule has 0 radical (unpaired) electrons. The van der Waals surface area contributed by atoms with Gasteiger partial charge in [-0.15, -0.1) is 0 Å². The van der Waals surface area contributed by atoms with Crippen LogP contribution >= 0.6 is 0 Å². The second kappa shape index (κ2) is 3.53. The van der Waals surface area contributed by atoms with Crippen molar-refractivity contribution in [3.8, 4) is 0 Å². The van der Waals surface area contributed by atoms with Crippen molar-refractivity contribution in [2.24, 2.45) is 0 Å². The zero-order valence-corrected chi connectivity index (χ0v) is 7.57. The lowest BCUT2D eigenvalue weighted by molar-refractivity contribution is 0.654. The fraction of sp³-hybridized carbons (Fsp3) is 0.333. The number of aromatic nitrogens is 3. The first-order valence-corrected chi connectivity index (χ1v) is 4.32. The molecule has 0 saturated carbocycles. The number of rotatable bonds is 3. The van der Waals surface area contributed by atoms with E-state index in [4.69, 9.17) is 0 Å². The van der Waals surface area contributed by atoms with Crippen molar-refractivity contribution in [1.29, 1.82) is 0 Å². The highest BCUT2D eigenvalue weighted by molar-refractivity contribution is 5.69. The van der Waals surface area contributed by atoms with Crippen LogP contribution in [0.2, 0.25) is 0 Å². The Morgan fingerprint density at radius 3 is 3.23 bits per heavy atom. The summed E-state index contributed by atoms with van der Waals surface area (Å²) in [5, 5.41) is 3.09. The lowest BCUT2D eigenvalue weighted by Crippen LogP contribution is -2.14. The molecule has 2 aromatic rings. The van der Waals surface area contributed by atoms with Crippen LogP contribution < -0.4 is 5.32 Å². The molecule has 2 aromatic heterocycles. The summed E-state index contributed by atoms with van der Waals surface area (Å²) in [5.74, 6) is 0. The van der Waals surface area contributed by atoms with Crippen molar-refractivity contribution in [2.45, 2.75) is 6.54 Å². The number of imidazole rings is 1. The van der Waals surface area contributed by atoms with Gasteiger partial charge in [0, 0.05) is 19.3 Å². The van der Waals surface area contributed by atoms with Gasteiger partial charge in [-0.3, -0.25) is 0 Å². The average molecular weight is 176 g/mol. The Morgan fingerprint density at radius 1 is 1.46 bits per heavy atom. The van der Waals surface area contributed by atoms with Gasteiger partial charge in [0.25, 0.3) is 0 Å². The Bertz CT molecular complexity index is 393. The topological polar surface area (TPSA) is 42.7 Å². The summed E-state index contributed by atoms with van der Waals surface area (Å²) in [4.78, 5) is 8.51. The molecule has 0 amide bonds. The first-order valence-electron chi connectivity index (χ1n) is 4.32. The molecule has 0 bridgehead atoms. The quantitative estimate of drug-likeness (QED) is 0.746. The number of hydrogen-bond donors (Lipinski definition) is 1. The zero-order chi connectivity index (χ0) is 9.10. The van der Waals surface area contributed by atoms with Gasteiger partial charge in [0.1, 0.15) is 5.52 Å². The molecular weight excluding hydrogens is 164 g/mol. The van der Waals surface area contributed by atoms with E-state index in [1.54, 1.807) is 6.20 Å². The number of likely N-dealkylation sites (N-methyl/N-ethyl adjacent to an activating group) is 1. The standard InChI is InChI=1S/C9H12N4/c1-10-5-6-13-7-12-8-3-2-4-11-9(8)13/h2-4,7,10H,5-6H2,1H3. The SMILES string of the molecule is CNCCn1cnc2cccnc21. The molecule has 4 nitrogen and oxygen atoms in total. The molecule has 0 aliphatic rings. The van der Waals surface area contributed by atoms with Crippen LogP contribution in [0, 0.1) is 0 Å². The predicted molar refractivity (Wildman–Crippen MR) is 51.5 cm³/mol. The summed E-state index contributed by atoms with van der Waals surface area (Å²) in [6.45, 7) is 1.84. The van der Waals surface area contributed by atoms with Gasteiger partial charge in [0.05, 0.1) is 6.33 Å². The minimum atomic E-state index is 0.907. The maximum atomic E-state index is 4.27. The van der Waals surface area contributed by atoms with Crippen LogP contribution in [-0.2, 0) is 6.54 Å². The van der Waals surface area contributed by atoms with E-state index in [9.17, 15) is 0 Å². The summed E-state index contributed by atoms with van der Waals surface area (Å²) in [6, 6.07) is 3.87. The van der Waals surface area contributed by atoms with Gasteiger partial charge in [-0.05, 0) is 19.2 Å². The van der Waals surface area contributed by atoms with Gasteiger partial charge in [-0.1, -0.05) is 0 Å². The van der Waals surface area contributed by atoms with Crippen LogP contribution in [-0.4, -0.2) is 28.1 Å². The molecule has 1 N–H and O–H groups in total. The first-order chi connectivity index (χ1) is 6.42. The lowest BCUT2D eigenvalue weighted by atomic mass is 10.4. The lowest BCUT2D eigenvalue weighted by Gasteiger charge is -2.01. The van der Waals surface area contributed by atoms with E-state index in [0.29, 0.717) is 0 Å². The smallest absolute Gasteiger partial charge is 0.159 e. The van der Waals surface area contributed by atoms with Crippen LogP contribution in [0.15, 0.2) is 24.7 Å². The fourth-order valence-corrected chi connectivity index (χ4v) is 1.29. The Morgan fingerprint density at radius 2 is 2.38 bits per heavy atom. The van der Waals surface area contributed by atoms with Crippen molar-refractivity contribution in [1.82, 2.24) is 19.9 Å². The van der Waals surface area contributed by atoms with Crippen molar-refractivity contribution < 1.29 is 0 Å². The van der Waals surface area contributed by atoms with Gasteiger partial charge in [0.2, 0.25) is 0 Å². The highest BCUT2D eigenvalue weighted by Gasteiger charge is 2.00. The van der Waals surface area contributed by atoms with E-state index < -0.39 is 0 Å². The summed E-state index contributed by atoms with van der Waals surface area (Å²) >= 11 is 0. The van der Waals surface area contributed by atoms with E-state index in [1.165, 1.54) is 0 Å². The fourth-order valence-electron chi connectivity index (χ4n) is 1.29. The Balaban J connectivity index is 2.35. The van der Waals surface area contributed by atoms with Crippen molar-refractivity contribution in [3.05, 3.63) is 24.7 Å². The van der Waals surface area contributed by atoms with E-state index in [-0.39, 0.29) is 0 Å². The normalized spacial score (nSPS) is 10.8. The van der Waals surface area contributed by atoms with E-state index in [0.717, 1.165) is 24.3 Å². The molecule has 0 fully saturated rings. The Hall–Kier alpha value is -1.42. The highest BCUT2D eigenvalue weighted by atomic mass is 15.1. The molecule has 2 rings (SSSR count). The summed E-state index contributed by atoms with van der Waals surface area (Å²) < 4.78 is 2.05. The number of fused-ring (bicyclic) bond motifs is 1. The molecule has 0 unspecified atom stereocenters. The molecular formula is C9H12N4. The molecule has 0 saturated heterocycles. The largest absolute Gasteiger partial charge is 0.318 e. The van der Waals surface area contributed by atoms with Gasteiger partial charge in [0.15, 0.2) is 5.65 Å². The highest BCUT2D eigenvalue weighted by Crippen LogP contribution is 2.07. The molecule has 0 spiro atoms. The van der Waals surface area contributed by atoms with Gasteiger partial charge in [-0.2, -0.15) is 0 Å². The maximum absolute atomic E-state index is 4.27. The third-order valence-electron chi connectivity index (χ3n) is 1.98. The van der Waals surface area contributed by atoms with Crippen LogP contribution in [0.1, 0.15) is 0 Å². The Labute approximate surface area is 76.6 Å². The van der Waals surface area contributed by atoms with Gasteiger partial charge >= 0.3 is 0 Å². The van der Waals surface area contributed by atoms with Crippen LogP contribution in [0.4, 0.5) is 0 Å². The average Bonchev–Trinajstić information content (AvgIpc) is 2.58. The molecule has 0 aliphatic heterocycles. The number of hydrogen-bond acceptors (Lipinski definition) is 3. The molecule has 0 atom stereocenters. The molecule has 0 aliphatic carbocycles. The maximum Gasteiger partial charge on any atom is 0.159 e. The third-order valence-corrected chi connectivity index (χ3v) is 1.98. The van der Waals surface area contributed by atoms with E-state index >= 15 is 0 Å². The van der Waals surface area contributed by atoms with Crippen molar-refractivity contribution in [3.63, 3.8) is 0 Å². The zero-order valence-electron chi connectivity index (χ0n) is 7.57. The van der Waals surface area contributed by atoms with Crippen molar-refractivity contribution >= 4 is 11.2 Å². The van der Waals surface area contributed by atoms with Gasteiger partial charge < -0.3 is 9.88 Å². The molecule has 2 heterocycles.